The minimum Gasteiger partial charge on any atom is -0.382 e. The van der Waals surface area contributed by atoms with Crippen LogP contribution in [0, 0.1) is 7.05 Å². The van der Waals surface area contributed by atoms with Gasteiger partial charge in [0.2, 0.25) is 0 Å². The fraction of sp³-hybridized carbons (Fsp3) is 0.400. The van der Waals surface area contributed by atoms with Crippen molar-refractivity contribution in [1.82, 2.24) is 4.98 Å². The summed E-state index contributed by atoms with van der Waals surface area (Å²) < 4.78 is 0. The summed E-state index contributed by atoms with van der Waals surface area (Å²) in [5, 5.41) is 2.81. The molecule has 1 aliphatic rings. The number of nitrogens with one attached hydrogen (secondary N) is 1. The lowest BCUT2D eigenvalue weighted by Crippen LogP contribution is -2.18. The van der Waals surface area contributed by atoms with Gasteiger partial charge in [-0.15, -0.1) is 0 Å². The van der Waals surface area contributed by atoms with Crippen LogP contribution < -0.4 is 10.2 Å². The molecule has 1 radical (unpaired) electrons. The molecule has 0 aliphatic carbocycles. The maximum absolute atomic E-state index is 4.35. The molecule has 1 fully saturated rings. The van der Waals surface area contributed by atoms with Gasteiger partial charge in [-0.2, -0.15) is 0 Å². The number of pyridine rings is 1. The predicted molar refractivity (Wildman–Crippen MR) is 54.7 cm³/mol. The van der Waals surface area contributed by atoms with Gasteiger partial charge in [0, 0.05) is 20.1 Å². The number of nitrogens with zero attached hydrogens (tertiary/aromatic N) is 2. The van der Waals surface area contributed by atoms with E-state index in [0.29, 0.717) is 0 Å². The van der Waals surface area contributed by atoms with Crippen LogP contribution in [0.1, 0.15) is 12.8 Å². The normalized spacial score (nSPS) is 16.2. The minimum atomic E-state index is 0.961. The predicted octanol–water partition coefficient (Wildman–Crippen LogP) is 1.89. The summed E-state index contributed by atoms with van der Waals surface area (Å²) in [6, 6.07) is 4.05. The second-order valence-electron chi connectivity index (χ2n) is 3.28. The minimum absolute atomic E-state index is 0.961. The second kappa shape index (κ2) is 3.64. The summed E-state index contributed by atoms with van der Waals surface area (Å²) in [6.07, 6.45) is 4.40. The Hall–Kier alpha value is -1.25. The molecule has 0 saturated carbocycles. The zero-order valence-corrected chi connectivity index (χ0v) is 7.66. The van der Waals surface area contributed by atoms with E-state index in [9.17, 15) is 0 Å². The van der Waals surface area contributed by atoms with Crippen LogP contribution in [0.2, 0.25) is 0 Å². The number of rotatable bonds is 2. The molecule has 1 N–H and O–H groups in total. The first-order valence-corrected chi connectivity index (χ1v) is 4.64. The highest BCUT2D eigenvalue weighted by atomic mass is 15.2. The van der Waals surface area contributed by atoms with E-state index in [0.717, 1.165) is 24.6 Å². The molecule has 0 unspecified atom stereocenters. The van der Waals surface area contributed by atoms with Crippen LogP contribution >= 0.6 is 0 Å². The SMILES string of the molecule is [CH2]Nc1ccc(N2CCCC2)nc1. The van der Waals surface area contributed by atoms with Crippen LogP contribution in [0.3, 0.4) is 0 Å². The van der Waals surface area contributed by atoms with Crippen LogP contribution in [0.15, 0.2) is 18.3 Å². The Morgan fingerprint density at radius 2 is 2.08 bits per heavy atom. The summed E-state index contributed by atoms with van der Waals surface area (Å²) >= 11 is 0. The van der Waals surface area contributed by atoms with Crippen LogP contribution in [0.25, 0.3) is 0 Å². The number of anilines is 2. The van der Waals surface area contributed by atoms with Gasteiger partial charge >= 0.3 is 0 Å². The van der Waals surface area contributed by atoms with Gasteiger partial charge in [-0.3, -0.25) is 0 Å². The molecule has 2 rings (SSSR count). The molecule has 0 atom stereocenters. The molecule has 0 bridgehead atoms. The zero-order valence-electron chi connectivity index (χ0n) is 7.66. The molecule has 2 heterocycles. The van der Waals surface area contributed by atoms with Crippen LogP contribution in [-0.2, 0) is 0 Å². The van der Waals surface area contributed by atoms with E-state index in [-0.39, 0.29) is 0 Å². The maximum atomic E-state index is 4.35. The maximum Gasteiger partial charge on any atom is 0.128 e. The summed E-state index contributed by atoms with van der Waals surface area (Å²) in [5.41, 5.74) is 0.961. The van der Waals surface area contributed by atoms with E-state index >= 15 is 0 Å². The van der Waals surface area contributed by atoms with Gasteiger partial charge in [0.25, 0.3) is 0 Å². The lowest BCUT2D eigenvalue weighted by molar-refractivity contribution is 0.938. The van der Waals surface area contributed by atoms with Crippen molar-refractivity contribution >= 4 is 11.5 Å². The average molecular weight is 176 g/mol. The third-order valence-corrected chi connectivity index (χ3v) is 2.38. The third kappa shape index (κ3) is 1.74. The number of aromatic nitrogens is 1. The molecular weight excluding hydrogens is 162 g/mol. The lowest BCUT2D eigenvalue weighted by Gasteiger charge is -2.15. The number of hydrogen-bond donors (Lipinski definition) is 1. The fourth-order valence-electron chi connectivity index (χ4n) is 1.62. The van der Waals surface area contributed by atoms with Gasteiger partial charge in [-0.25, -0.2) is 4.98 Å². The third-order valence-electron chi connectivity index (χ3n) is 2.38. The van der Waals surface area contributed by atoms with Crippen molar-refractivity contribution in [3.05, 3.63) is 25.4 Å². The molecule has 13 heavy (non-hydrogen) atoms. The average Bonchev–Trinajstić information content (AvgIpc) is 2.71. The van der Waals surface area contributed by atoms with Gasteiger partial charge < -0.3 is 10.2 Å². The number of hydrogen-bond acceptors (Lipinski definition) is 3. The highest BCUT2D eigenvalue weighted by Crippen LogP contribution is 2.18. The summed E-state index contributed by atoms with van der Waals surface area (Å²) in [6.45, 7) is 2.29. The van der Waals surface area contributed by atoms with Gasteiger partial charge in [0.05, 0.1) is 11.9 Å². The monoisotopic (exact) mass is 176 g/mol. The van der Waals surface area contributed by atoms with Crippen molar-refractivity contribution < 1.29 is 0 Å². The van der Waals surface area contributed by atoms with E-state index in [2.05, 4.69) is 22.2 Å². The zero-order chi connectivity index (χ0) is 9.10. The largest absolute Gasteiger partial charge is 0.382 e. The first kappa shape index (κ1) is 8.35. The van der Waals surface area contributed by atoms with Crippen LogP contribution in [0.5, 0.6) is 0 Å². The molecule has 0 aromatic carbocycles. The van der Waals surface area contributed by atoms with Crippen LogP contribution in [-0.4, -0.2) is 18.1 Å². The van der Waals surface area contributed by atoms with Gasteiger partial charge in [-0.05, 0) is 25.0 Å². The molecule has 0 spiro atoms. The van der Waals surface area contributed by atoms with Gasteiger partial charge in [0.15, 0.2) is 0 Å². The molecule has 1 aliphatic heterocycles. The summed E-state index contributed by atoms with van der Waals surface area (Å²) in [7, 11) is 3.58. The summed E-state index contributed by atoms with van der Waals surface area (Å²) in [4.78, 5) is 6.67. The van der Waals surface area contributed by atoms with Crippen molar-refractivity contribution in [3.63, 3.8) is 0 Å². The Bertz CT molecular complexity index is 262. The topological polar surface area (TPSA) is 28.2 Å². The highest BCUT2D eigenvalue weighted by molar-refractivity contribution is 5.49. The Kier molecular flexibility index (Phi) is 2.34. The molecule has 3 heteroatoms. The molecule has 69 valence electrons. The van der Waals surface area contributed by atoms with Gasteiger partial charge in [-0.1, -0.05) is 0 Å². The van der Waals surface area contributed by atoms with Crippen molar-refractivity contribution in [2.75, 3.05) is 23.3 Å². The Morgan fingerprint density at radius 1 is 1.31 bits per heavy atom. The smallest absolute Gasteiger partial charge is 0.128 e. The van der Waals surface area contributed by atoms with E-state index in [1.807, 2.05) is 18.3 Å². The second-order valence-corrected chi connectivity index (χ2v) is 3.28. The fourth-order valence-corrected chi connectivity index (χ4v) is 1.62. The van der Waals surface area contributed by atoms with E-state index < -0.39 is 0 Å². The molecule has 1 aromatic rings. The molecule has 1 aromatic heterocycles. The van der Waals surface area contributed by atoms with E-state index in [4.69, 9.17) is 0 Å². The van der Waals surface area contributed by atoms with Crippen molar-refractivity contribution in [2.24, 2.45) is 0 Å². The Labute approximate surface area is 78.8 Å². The van der Waals surface area contributed by atoms with Gasteiger partial charge in [0.1, 0.15) is 5.82 Å². The van der Waals surface area contributed by atoms with E-state index in [1.165, 1.54) is 12.8 Å². The molecule has 3 nitrogen and oxygen atoms in total. The van der Waals surface area contributed by atoms with Crippen molar-refractivity contribution in [3.8, 4) is 0 Å². The van der Waals surface area contributed by atoms with Crippen LogP contribution in [0.4, 0.5) is 11.5 Å². The summed E-state index contributed by atoms with van der Waals surface area (Å²) in [5.74, 6) is 1.08. The van der Waals surface area contributed by atoms with Crippen molar-refractivity contribution in [2.45, 2.75) is 12.8 Å². The lowest BCUT2D eigenvalue weighted by atomic mass is 10.4. The standard InChI is InChI=1S/C10H14N3/c1-11-9-4-5-10(12-8-9)13-6-2-3-7-13/h4-5,8,11H,1-3,6-7H2. The Morgan fingerprint density at radius 3 is 2.62 bits per heavy atom. The first-order chi connectivity index (χ1) is 6.40. The molecular formula is C10H14N3. The van der Waals surface area contributed by atoms with Crippen molar-refractivity contribution in [1.29, 1.82) is 0 Å². The first-order valence-electron chi connectivity index (χ1n) is 4.64. The van der Waals surface area contributed by atoms with E-state index in [1.54, 1.807) is 0 Å². The Balaban J connectivity index is 2.12. The highest BCUT2D eigenvalue weighted by Gasteiger charge is 2.12. The quantitative estimate of drug-likeness (QED) is 0.745. The molecule has 1 saturated heterocycles. The molecule has 0 amide bonds.